The van der Waals surface area contributed by atoms with E-state index in [-0.39, 0.29) is 10.3 Å². The molecule has 0 bridgehead atoms. The molecule has 8 heteroatoms. The van der Waals surface area contributed by atoms with Gasteiger partial charge >= 0.3 is 6.18 Å². The second kappa shape index (κ2) is 7.03. The summed E-state index contributed by atoms with van der Waals surface area (Å²) in [6.07, 6.45) is -3.83. The largest absolute Gasteiger partial charge is 0.417 e. The van der Waals surface area contributed by atoms with Crippen molar-refractivity contribution in [2.75, 3.05) is 11.6 Å². The fourth-order valence-corrected chi connectivity index (χ4v) is 2.94. The van der Waals surface area contributed by atoms with Crippen LogP contribution in [0.2, 0.25) is 0 Å². The number of halogens is 5. The van der Waals surface area contributed by atoms with Crippen LogP contribution in [0.25, 0.3) is 0 Å². The third-order valence-electron chi connectivity index (χ3n) is 3.77. The van der Waals surface area contributed by atoms with Crippen LogP contribution in [0.15, 0.2) is 51.9 Å². The van der Waals surface area contributed by atoms with Crippen molar-refractivity contribution < 1.29 is 17.6 Å². The van der Waals surface area contributed by atoms with E-state index in [1.54, 1.807) is 23.2 Å². The Morgan fingerprint density at radius 2 is 1.84 bits per heavy atom. The van der Waals surface area contributed by atoms with Gasteiger partial charge in [-0.3, -0.25) is 15.4 Å². The van der Waals surface area contributed by atoms with Crippen molar-refractivity contribution in [1.82, 2.24) is 5.43 Å². The Kier molecular flexibility index (Phi) is 4.99. The quantitative estimate of drug-likeness (QED) is 0.720. The summed E-state index contributed by atoms with van der Waals surface area (Å²) in [5, 5.41) is 1.63. The number of hydrogen-bond acceptors (Lipinski definition) is 2. The van der Waals surface area contributed by atoms with Gasteiger partial charge < -0.3 is 0 Å². The molecule has 25 heavy (non-hydrogen) atoms. The number of benzene rings is 2. The lowest BCUT2D eigenvalue weighted by Gasteiger charge is -2.20. The van der Waals surface area contributed by atoms with Crippen molar-refractivity contribution in [3.8, 4) is 0 Å². The normalized spacial score (nSPS) is 16.4. The standard InChI is InChI=1S/C17H14BrF4N3/c18-15-6-5-13(9-14(15)17(20,21)22)25-8-7-16(24-25)23-10-11-1-3-12(19)4-2-11/h1-6,9H,7-8,10H2,(H,23,24). The first-order valence-electron chi connectivity index (χ1n) is 7.51. The zero-order chi connectivity index (χ0) is 18.0. The van der Waals surface area contributed by atoms with E-state index in [1.807, 2.05) is 0 Å². The number of nitrogens with zero attached hydrogens (tertiary/aromatic N) is 2. The number of nitrogens with one attached hydrogen (secondary N) is 1. The first-order chi connectivity index (χ1) is 11.8. The molecule has 0 unspecified atom stereocenters. The van der Waals surface area contributed by atoms with Crippen LogP contribution in [0.5, 0.6) is 0 Å². The maximum absolute atomic E-state index is 13.0. The molecule has 2 aromatic carbocycles. The summed E-state index contributed by atoms with van der Waals surface area (Å²) in [5.74, 6) is 0.373. The highest BCUT2D eigenvalue weighted by atomic mass is 79.9. The minimum atomic E-state index is -4.42. The molecule has 0 aliphatic carbocycles. The molecule has 1 aliphatic rings. The van der Waals surface area contributed by atoms with Gasteiger partial charge in [0.25, 0.3) is 0 Å². The molecule has 0 aromatic heterocycles. The lowest BCUT2D eigenvalue weighted by Crippen LogP contribution is -2.33. The molecule has 2 aromatic rings. The Labute approximate surface area is 150 Å². The summed E-state index contributed by atoms with van der Waals surface area (Å²) in [6.45, 7) is 0.895. The van der Waals surface area contributed by atoms with Crippen molar-refractivity contribution in [3.05, 3.63) is 63.9 Å². The summed E-state index contributed by atoms with van der Waals surface area (Å²) in [7, 11) is 0. The van der Waals surface area contributed by atoms with Crippen LogP contribution in [0.3, 0.4) is 0 Å². The second-order valence-electron chi connectivity index (χ2n) is 5.56. The van der Waals surface area contributed by atoms with Gasteiger partial charge in [0.15, 0.2) is 0 Å². The number of anilines is 1. The minimum Gasteiger partial charge on any atom is -0.286 e. The summed E-state index contributed by atoms with van der Waals surface area (Å²) in [4.78, 5) is 4.40. The Hall–Kier alpha value is -2.09. The summed E-state index contributed by atoms with van der Waals surface area (Å²) in [5.41, 5.74) is 3.57. The van der Waals surface area contributed by atoms with Crippen molar-refractivity contribution in [2.45, 2.75) is 19.1 Å². The van der Waals surface area contributed by atoms with Crippen LogP contribution in [0.4, 0.5) is 23.2 Å². The van der Waals surface area contributed by atoms with E-state index in [2.05, 4.69) is 26.3 Å². The predicted octanol–water partition coefficient (Wildman–Crippen LogP) is 4.92. The van der Waals surface area contributed by atoms with E-state index in [4.69, 9.17) is 0 Å². The molecular weight excluding hydrogens is 402 g/mol. The molecule has 0 radical (unpaired) electrons. The van der Waals surface area contributed by atoms with Crippen LogP contribution in [0, 0.1) is 5.82 Å². The van der Waals surface area contributed by atoms with Crippen LogP contribution in [0.1, 0.15) is 17.5 Å². The topological polar surface area (TPSA) is 27.6 Å². The van der Waals surface area contributed by atoms with E-state index in [9.17, 15) is 17.6 Å². The number of alkyl halides is 3. The molecule has 132 valence electrons. The van der Waals surface area contributed by atoms with Gasteiger partial charge in [-0.1, -0.05) is 28.1 Å². The molecule has 0 amide bonds. The fourth-order valence-electron chi connectivity index (χ4n) is 2.47. The highest BCUT2D eigenvalue weighted by Crippen LogP contribution is 2.37. The lowest BCUT2D eigenvalue weighted by atomic mass is 10.2. The number of rotatable bonds is 3. The maximum atomic E-state index is 13.0. The second-order valence-corrected chi connectivity index (χ2v) is 6.42. The van der Waals surface area contributed by atoms with Gasteiger partial charge in [-0.25, -0.2) is 4.39 Å². The fraction of sp³-hybridized carbons (Fsp3) is 0.235. The van der Waals surface area contributed by atoms with E-state index in [0.717, 1.165) is 11.6 Å². The van der Waals surface area contributed by atoms with Crippen LogP contribution < -0.4 is 10.4 Å². The van der Waals surface area contributed by atoms with E-state index >= 15 is 0 Å². The molecule has 1 aliphatic heterocycles. The smallest absolute Gasteiger partial charge is 0.286 e. The van der Waals surface area contributed by atoms with Gasteiger partial charge in [0.2, 0.25) is 0 Å². The third-order valence-corrected chi connectivity index (χ3v) is 4.46. The first-order valence-corrected chi connectivity index (χ1v) is 8.31. The molecule has 1 fully saturated rings. The van der Waals surface area contributed by atoms with Crippen molar-refractivity contribution in [3.63, 3.8) is 0 Å². The maximum Gasteiger partial charge on any atom is 0.417 e. The average molecular weight is 416 g/mol. The highest BCUT2D eigenvalue weighted by Gasteiger charge is 2.34. The van der Waals surface area contributed by atoms with Crippen molar-refractivity contribution in [1.29, 1.82) is 0 Å². The summed E-state index contributed by atoms with van der Waals surface area (Å²) in [6, 6.07) is 10.1. The first kappa shape index (κ1) is 17.7. The Morgan fingerprint density at radius 1 is 1.12 bits per heavy atom. The molecule has 3 nitrogen and oxygen atoms in total. The Balaban J connectivity index is 1.70. The van der Waals surface area contributed by atoms with E-state index in [1.165, 1.54) is 18.2 Å². The summed E-state index contributed by atoms with van der Waals surface area (Å²) < 4.78 is 51.9. The van der Waals surface area contributed by atoms with Gasteiger partial charge in [-0.15, -0.1) is 0 Å². The number of aliphatic imine (C=N–C) groups is 1. The Morgan fingerprint density at radius 3 is 2.52 bits per heavy atom. The third kappa shape index (κ3) is 4.31. The minimum absolute atomic E-state index is 0.00754. The molecule has 1 N–H and O–H groups in total. The molecule has 0 spiro atoms. The van der Waals surface area contributed by atoms with Gasteiger partial charge in [0, 0.05) is 17.4 Å². The molecule has 1 heterocycles. The molecular formula is C17H14BrF4N3. The molecule has 1 saturated heterocycles. The molecule has 0 saturated carbocycles. The number of hydrogen-bond donors (Lipinski definition) is 1. The van der Waals surface area contributed by atoms with Crippen LogP contribution in [-0.4, -0.2) is 12.4 Å². The number of hydrazine groups is 1. The lowest BCUT2D eigenvalue weighted by molar-refractivity contribution is -0.138. The van der Waals surface area contributed by atoms with Gasteiger partial charge in [-0.2, -0.15) is 13.2 Å². The average Bonchev–Trinajstić information content (AvgIpc) is 3.03. The van der Waals surface area contributed by atoms with Gasteiger partial charge in [0.05, 0.1) is 17.8 Å². The zero-order valence-electron chi connectivity index (χ0n) is 12.9. The van der Waals surface area contributed by atoms with Crippen LogP contribution >= 0.6 is 15.9 Å². The van der Waals surface area contributed by atoms with E-state index < -0.39 is 11.7 Å². The summed E-state index contributed by atoms with van der Waals surface area (Å²) >= 11 is 2.93. The van der Waals surface area contributed by atoms with Crippen LogP contribution in [-0.2, 0) is 12.7 Å². The SMILES string of the molecule is Fc1ccc(CN=C2CCN(c3ccc(Br)c(C(F)(F)F)c3)N2)cc1. The Bertz CT molecular complexity index is 787. The van der Waals surface area contributed by atoms with Gasteiger partial charge in [-0.05, 0) is 35.9 Å². The molecule has 0 atom stereocenters. The van der Waals surface area contributed by atoms with Crippen molar-refractivity contribution >= 4 is 27.5 Å². The van der Waals surface area contributed by atoms with Gasteiger partial charge in [0.1, 0.15) is 11.7 Å². The zero-order valence-corrected chi connectivity index (χ0v) is 14.5. The predicted molar refractivity (Wildman–Crippen MR) is 91.8 cm³/mol. The molecule has 3 rings (SSSR count). The number of amidine groups is 1. The highest BCUT2D eigenvalue weighted by molar-refractivity contribution is 9.10. The van der Waals surface area contributed by atoms with Crippen molar-refractivity contribution in [2.24, 2.45) is 4.99 Å². The monoisotopic (exact) mass is 415 g/mol. The van der Waals surface area contributed by atoms with E-state index in [0.29, 0.717) is 31.0 Å².